The summed E-state index contributed by atoms with van der Waals surface area (Å²) in [6.07, 6.45) is 0. The topological polar surface area (TPSA) is 83.2 Å². The average Bonchev–Trinajstić information content (AvgIpc) is 1.94. The molecule has 4 nitrogen and oxygen atoms in total. The summed E-state index contributed by atoms with van der Waals surface area (Å²) in [4.78, 5) is -0.329. The van der Waals surface area contributed by atoms with Crippen molar-refractivity contribution in [1.29, 1.82) is 0 Å². The van der Waals surface area contributed by atoms with Gasteiger partial charge in [-0.05, 0) is 31.0 Å². The van der Waals surface area contributed by atoms with Crippen molar-refractivity contribution in [3.8, 4) is 0 Å². The second kappa shape index (κ2) is 4.37. The van der Waals surface area contributed by atoms with Gasteiger partial charge in [0.25, 0.3) is 0 Å². The average molecular weight is 207 g/mol. The van der Waals surface area contributed by atoms with Crippen LogP contribution in [-0.4, -0.2) is 13.0 Å². The number of anilines is 1. The van der Waals surface area contributed by atoms with Gasteiger partial charge in [0, 0.05) is 0 Å². The van der Waals surface area contributed by atoms with Crippen molar-refractivity contribution in [2.45, 2.75) is 18.7 Å². The van der Waals surface area contributed by atoms with Crippen molar-refractivity contribution in [3.05, 3.63) is 23.3 Å². The van der Waals surface area contributed by atoms with E-state index in [0.29, 0.717) is 11.1 Å². The van der Waals surface area contributed by atoms with Crippen molar-refractivity contribution in [2.24, 2.45) is 0 Å². The second-order valence-corrected chi connectivity index (χ2v) is 4.30. The Labute approximate surface area is 95.4 Å². The van der Waals surface area contributed by atoms with Gasteiger partial charge in [0.05, 0.1) is 10.6 Å². The maximum absolute atomic E-state index is 10.7. The Morgan fingerprint density at radius 1 is 1.29 bits per heavy atom. The summed E-state index contributed by atoms with van der Waals surface area (Å²) in [6.45, 7) is 3.37. The van der Waals surface area contributed by atoms with E-state index in [2.05, 4.69) is 0 Å². The summed E-state index contributed by atoms with van der Waals surface area (Å²) in [6, 6.07) is 3.01. The first-order chi connectivity index (χ1) is 5.82. The Morgan fingerprint density at radius 3 is 2.21 bits per heavy atom. The SMILES string of the molecule is Cc1cc(C)c(N)c(S(=O)(=O)[O-])c1.[Li+]. The molecule has 1 rings (SSSR count). The largest absolute Gasteiger partial charge is 1.00 e. The Bertz CT molecular complexity index is 442. The molecule has 72 valence electrons. The zero-order valence-corrected chi connectivity index (χ0v) is 9.18. The molecule has 0 saturated heterocycles. The standard InChI is InChI=1S/C8H11NO3S.Li/c1-5-3-6(2)8(9)7(4-5)13(10,11)12;/h3-4H,9H2,1-2H3,(H,10,11,12);/q;+1/p-1. The molecule has 0 amide bonds. The number of nitrogen functional groups attached to an aromatic ring is 1. The monoisotopic (exact) mass is 207 g/mol. The van der Waals surface area contributed by atoms with E-state index in [1.807, 2.05) is 0 Å². The molecule has 0 bridgehead atoms. The first-order valence-corrected chi connectivity index (χ1v) is 5.06. The fourth-order valence-electron chi connectivity index (χ4n) is 1.15. The smallest absolute Gasteiger partial charge is 0.744 e. The number of benzene rings is 1. The first-order valence-electron chi connectivity index (χ1n) is 3.65. The third-order valence-corrected chi connectivity index (χ3v) is 2.64. The van der Waals surface area contributed by atoms with Crippen molar-refractivity contribution >= 4 is 15.8 Å². The van der Waals surface area contributed by atoms with Gasteiger partial charge in [0.2, 0.25) is 0 Å². The van der Waals surface area contributed by atoms with Crippen LogP contribution in [0.25, 0.3) is 0 Å². The molecule has 0 heterocycles. The van der Waals surface area contributed by atoms with Crippen LogP contribution in [0.3, 0.4) is 0 Å². The van der Waals surface area contributed by atoms with Gasteiger partial charge in [0.15, 0.2) is 0 Å². The van der Waals surface area contributed by atoms with Gasteiger partial charge in [-0.1, -0.05) is 6.07 Å². The van der Waals surface area contributed by atoms with Crippen LogP contribution in [0.15, 0.2) is 17.0 Å². The van der Waals surface area contributed by atoms with E-state index >= 15 is 0 Å². The summed E-state index contributed by atoms with van der Waals surface area (Å²) >= 11 is 0. The van der Waals surface area contributed by atoms with Gasteiger partial charge < -0.3 is 10.3 Å². The molecule has 0 aromatic heterocycles. The van der Waals surface area contributed by atoms with Gasteiger partial charge in [0.1, 0.15) is 10.1 Å². The third-order valence-electron chi connectivity index (χ3n) is 1.76. The van der Waals surface area contributed by atoms with Crippen LogP contribution < -0.4 is 24.6 Å². The summed E-state index contributed by atoms with van der Waals surface area (Å²) in [5, 5.41) is 0. The van der Waals surface area contributed by atoms with Gasteiger partial charge in [-0.15, -0.1) is 0 Å². The minimum absolute atomic E-state index is 0. The predicted octanol–water partition coefficient (Wildman–Crippen LogP) is -2.21. The maximum Gasteiger partial charge on any atom is 1.00 e. The Balaban J connectivity index is 0.00000169. The molecule has 1 aromatic rings. The van der Waals surface area contributed by atoms with Crippen LogP contribution in [0.5, 0.6) is 0 Å². The zero-order valence-electron chi connectivity index (χ0n) is 8.37. The van der Waals surface area contributed by atoms with Crippen LogP contribution in [0.2, 0.25) is 0 Å². The van der Waals surface area contributed by atoms with E-state index in [1.54, 1.807) is 19.9 Å². The van der Waals surface area contributed by atoms with E-state index in [0.717, 1.165) is 0 Å². The molecule has 0 radical (unpaired) electrons. The predicted molar refractivity (Wildman–Crippen MR) is 48.3 cm³/mol. The fourth-order valence-corrected chi connectivity index (χ4v) is 1.91. The molecule has 0 fully saturated rings. The summed E-state index contributed by atoms with van der Waals surface area (Å²) in [5.74, 6) is 0. The van der Waals surface area contributed by atoms with Gasteiger partial charge in [-0.2, -0.15) is 0 Å². The molecule has 0 aliphatic heterocycles. The van der Waals surface area contributed by atoms with Gasteiger partial charge in [-0.25, -0.2) is 8.42 Å². The minimum atomic E-state index is -4.45. The van der Waals surface area contributed by atoms with Crippen molar-refractivity contribution in [3.63, 3.8) is 0 Å². The zero-order chi connectivity index (χ0) is 10.2. The first kappa shape index (κ1) is 13.5. The van der Waals surface area contributed by atoms with Crippen molar-refractivity contribution < 1.29 is 31.8 Å². The Hall–Kier alpha value is -0.473. The molecule has 6 heteroatoms. The molecular formula is C8H10LiNO3S. The maximum atomic E-state index is 10.7. The van der Waals surface area contributed by atoms with Gasteiger partial charge >= 0.3 is 18.9 Å². The van der Waals surface area contributed by atoms with E-state index in [-0.39, 0.29) is 29.4 Å². The van der Waals surface area contributed by atoms with Crippen molar-refractivity contribution in [1.82, 2.24) is 0 Å². The van der Waals surface area contributed by atoms with E-state index < -0.39 is 10.1 Å². The van der Waals surface area contributed by atoms with Crippen LogP contribution >= 0.6 is 0 Å². The normalized spacial score (nSPS) is 10.8. The molecule has 0 atom stereocenters. The molecule has 0 aliphatic carbocycles. The Morgan fingerprint density at radius 2 is 1.79 bits per heavy atom. The van der Waals surface area contributed by atoms with E-state index in [9.17, 15) is 13.0 Å². The van der Waals surface area contributed by atoms with Crippen LogP contribution in [0.4, 0.5) is 5.69 Å². The number of aryl methyl sites for hydroxylation is 2. The molecule has 0 aliphatic rings. The molecular weight excluding hydrogens is 197 g/mol. The summed E-state index contributed by atoms with van der Waals surface area (Å²) in [5.41, 5.74) is 6.82. The van der Waals surface area contributed by atoms with Gasteiger partial charge in [-0.3, -0.25) is 0 Å². The number of hydrogen-bond donors (Lipinski definition) is 1. The van der Waals surface area contributed by atoms with E-state index in [1.165, 1.54) is 6.07 Å². The van der Waals surface area contributed by atoms with E-state index in [4.69, 9.17) is 5.73 Å². The van der Waals surface area contributed by atoms with Crippen LogP contribution in [-0.2, 0) is 10.1 Å². The third kappa shape index (κ3) is 2.76. The summed E-state index contributed by atoms with van der Waals surface area (Å²) < 4.78 is 32.2. The number of nitrogens with two attached hydrogens (primary N) is 1. The quantitative estimate of drug-likeness (QED) is 0.321. The molecule has 0 unspecified atom stereocenters. The molecule has 2 N–H and O–H groups in total. The minimum Gasteiger partial charge on any atom is -0.744 e. The fraction of sp³-hybridized carbons (Fsp3) is 0.250. The van der Waals surface area contributed by atoms with Crippen LogP contribution in [0.1, 0.15) is 11.1 Å². The number of hydrogen-bond acceptors (Lipinski definition) is 4. The van der Waals surface area contributed by atoms with Crippen molar-refractivity contribution in [2.75, 3.05) is 5.73 Å². The second-order valence-electron chi connectivity index (χ2n) is 2.95. The molecule has 0 saturated carbocycles. The molecule has 1 aromatic carbocycles. The number of rotatable bonds is 1. The molecule has 14 heavy (non-hydrogen) atoms. The summed E-state index contributed by atoms with van der Waals surface area (Å²) in [7, 11) is -4.45. The van der Waals surface area contributed by atoms with Crippen LogP contribution in [0, 0.1) is 13.8 Å². The molecule has 0 spiro atoms. The Kier molecular flexibility index (Phi) is 4.22.